The second kappa shape index (κ2) is 6.65. The van der Waals surface area contributed by atoms with Crippen molar-refractivity contribution >= 4 is 5.91 Å². The molecule has 1 atom stereocenters. The van der Waals surface area contributed by atoms with Gasteiger partial charge in [-0.25, -0.2) is 4.68 Å². The van der Waals surface area contributed by atoms with Gasteiger partial charge in [-0.1, -0.05) is 18.6 Å². The van der Waals surface area contributed by atoms with E-state index >= 15 is 0 Å². The molecule has 1 aliphatic heterocycles. The Morgan fingerprint density at radius 3 is 3.05 bits per heavy atom. The molecule has 2 N–H and O–H groups in total. The van der Waals surface area contributed by atoms with Crippen molar-refractivity contribution in [3.63, 3.8) is 0 Å². The third-order valence-corrected chi connectivity index (χ3v) is 3.66. The van der Waals surface area contributed by atoms with Crippen LogP contribution < -0.4 is 5.73 Å². The molecule has 0 aromatic carbocycles. The molecule has 1 saturated heterocycles. The van der Waals surface area contributed by atoms with Crippen LogP contribution in [0, 0.1) is 0 Å². The standard InChI is InChI=1S/C13H23N5O/c1-2-5-12-6-3-4-7-18(12)13(19)10-17-9-11(8-14)15-16-17/h9,12H,2-8,10,14H2,1H3. The Morgan fingerprint density at radius 2 is 2.37 bits per heavy atom. The van der Waals surface area contributed by atoms with Crippen molar-refractivity contribution in [3.05, 3.63) is 11.9 Å². The van der Waals surface area contributed by atoms with Gasteiger partial charge in [-0.2, -0.15) is 0 Å². The zero-order valence-corrected chi connectivity index (χ0v) is 11.6. The molecule has 0 radical (unpaired) electrons. The molecule has 1 amide bonds. The maximum absolute atomic E-state index is 12.4. The third-order valence-electron chi connectivity index (χ3n) is 3.66. The van der Waals surface area contributed by atoms with Gasteiger partial charge in [-0.05, 0) is 25.7 Å². The van der Waals surface area contributed by atoms with Gasteiger partial charge < -0.3 is 10.6 Å². The number of hydrogen-bond donors (Lipinski definition) is 1. The van der Waals surface area contributed by atoms with Crippen molar-refractivity contribution in [3.8, 4) is 0 Å². The average Bonchev–Trinajstić information content (AvgIpc) is 2.87. The molecule has 1 fully saturated rings. The van der Waals surface area contributed by atoms with Crippen LogP contribution in [0.1, 0.15) is 44.7 Å². The molecule has 0 bridgehead atoms. The van der Waals surface area contributed by atoms with Gasteiger partial charge in [-0.15, -0.1) is 5.10 Å². The van der Waals surface area contributed by atoms with Crippen molar-refractivity contribution in [2.75, 3.05) is 6.54 Å². The number of amides is 1. The summed E-state index contributed by atoms with van der Waals surface area (Å²) in [6.07, 6.45) is 7.43. The fourth-order valence-corrected chi connectivity index (χ4v) is 2.70. The number of rotatable bonds is 5. The summed E-state index contributed by atoms with van der Waals surface area (Å²) in [6, 6.07) is 0.406. The fourth-order valence-electron chi connectivity index (χ4n) is 2.70. The number of carbonyl (C=O) groups is 1. The largest absolute Gasteiger partial charge is 0.338 e. The Balaban J connectivity index is 1.96. The number of nitrogens with zero attached hydrogens (tertiary/aromatic N) is 4. The zero-order chi connectivity index (χ0) is 13.7. The Kier molecular flexibility index (Phi) is 4.90. The van der Waals surface area contributed by atoms with Crippen LogP contribution in [0.15, 0.2) is 6.20 Å². The first-order valence-corrected chi connectivity index (χ1v) is 7.13. The minimum Gasteiger partial charge on any atom is -0.338 e. The van der Waals surface area contributed by atoms with Gasteiger partial charge in [0.15, 0.2) is 0 Å². The first kappa shape index (κ1) is 14.0. The van der Waals surface area contributed by atoms with Crippen molar-refractivity contribution in [1.82, 2.24) is 19.9 Å². The van der Waals surface area contributed by atoms with Gasteiger partial charge >= 0.3 is 0 Å². The predicted octanol–water partition coefficient (Wildman–Crippen LogP) is 0.918. The molecule has 2 rings (SSSR count). The summed E-state index contributed by atoms with van der Waals surface area (Å²) in [5.41, 5.74) is 6.21. The third kappa shape index (κ3) is 3.53. The highest BCUT2D eigenvalue weighted by molar-refractivity contribution is 5.76. The Morgan fingerprint density at radius 1 is 1.53 bits per heavy atom. The van der Waals surface area contributed by atoms with Gasteiger partial charge in [0.05, 0.1) is 11.9 Å². The van der Waals surface area contributed by atoms with Gasteiger partial charge in [0, 0.05) is 19.1 Å². The smallest absolute Gasteiger partial charge is 0.244 e. The molecule has 0 spiro atoms. The summed E-state index contributed by atoms with van der Waals surface area (Å²) in [5.74, 6) is 0.145. The van der Waals surface area contributed by atoms with E-state index < -0.39 is 0 Å². The summed E-state index contributed by atoms with van der Waals surface area (Å²) in [5, 5.41) is 7.84. The van der Waals surface area contributed by atoms with E-state index in [1.54, 1.807) is 10.9 Å². The monoisotopic (exact) mass is 265 g/mol. The molecule has 1 aliphatic rings. The number of piperidine rings is 1. The highest BCUT2D eigenvalue weighted by atomic mass is 16.2. The van der Waals surface area contributed by atoms with Crippen LogP contribution in [0.5, 0.6) is 0 Å². The second-order valence-electron chi connectivity index (χ2n) is 5.14. The summed E-state index contributed by atoms with van der Waals surface area (Å²) < 4.78 is 1.59. The van der Waals surface area contributed by atoms with Crippen LogP contribution in [0.25, 0.3) is 0 Å². The first-order valence-electron chi connectivity index (χ1n) is 7.13. The van der Waals surface area contributed by atoms with Crippen LogP contribution in [0.2, 0.25) is 0 Å². The number of aromatic nitrogens is 3. The van der Waals surface area contributed by atoms with Gasteiger partial charge in [0.2, 0.25) is 5.91 Å². The number of nitrogens with two attached hydrogens (primary N) is 1. The predicted molar refractivity (Wildman–Crippen MR) is 72.2 cm³/mol. The van der Waals surface area contributed by atoms with Crippen LogP contribution in [0.4, 0.5) is 0 Å². The molecule has 6 nitrogen and oxygen atoms in total. The van der Waals surface area contributed by atoms with E-state index in [9.17, 15) is 4.79 Å². The van der Waals surface area contributed by atoms with E-state index in [1.807, 2.05) is 4.90 Å². The molecule has 0 aliphatic carbocycles. The SMILES string of the molecule is CCCC1CCCCN1C(=O)Cn1cc(CN)nn1. The summed E-state index contributed by atoms with van der Waals surface area (Å²) >= 11 is 0. The van der Waals surface area contributed by atoms with Crippen molar-refractivity contribution in [2.24, 2.45) is 5.73 Å². The summed E-state index contributed by atoms with van der Waals surface area (Å²) in [6.45, 7) is 3.67. The molecule has 1 unspecified atom stereocenters. The van der Waals surface area contributed by atoms with Gasteiger partial charge in [-0.3, -0.25) is 4.79 Å². The minimum atomic E-state index is 0.145. The fraction of sp³-hybridized carbons (Fsp3) is 0.769. The Bertz CT molecular complexity index is 415. The maximum atomic E-state index is 12.4. The van der Waals surface area contributed by atoms with Gasteiger partial charge in [0.25, 0.3) is 0 Å². The molecule has 6 heteroatoms. The molecular weight excluding hydrogens is 242 g/mol. The molecule has 1 aromatic heterocycles. The van der Waals surface area contributed by atoms with Crippen LogP contribution in [-0.4, -0.2) is 38.4 Å². The highest BCUT2D eigenvalue weighted by Crippen LogP contribution is 2.21. The second-order valence-corrected chi connectivity index (χ2v) is 5.14. The lowest BCUT2D eigenvalue weighted by atomic mass is 9.98. The van der Waals surface area contributed by atoms with Crippen LogP contribution in [-0.2, 0) is 17.9 Å². The van der Waals surface area contributed by atoms with E-state index in [1.165, 1.54) is 6.42 Å². The van der Waals surface area contributed by atoms with Crippen molar-refractivity contribution in [2.45, 2.75) is 58.2 Å². The van der Waals surface area contributed by atoms with Crippen LogP contribution in [0.3, 0.4) is 0 Å². The first-order chi connectivity index (χ1) is 9.24. The number of carbonyl (C=O) groups excluding carboxylic acids is 1. The topological polar surface area (TPSA) is 77.0 Å². The normalized spacial score (nSPS) is 19.7. The minimum absolute atomic E-state index is 0.145. The average molecular weight is 265 g/mol. The van der Waals surface area contributed by atoms with Crippen molar-refractivity contribution in [1.29, 1.82) is 0 Å². The number of hydrogen-bond acceptors (Lipinski definition) is 4. The Hall–Kier alpha value is -1.43. The van der Waals surface area contributed by atoms with E-state index in [0.29, 0.717) is 12.6 Å². The molecule has 0 saturated carbocycles. The molecule has 19 heavy (non-hydrogen) atoms. The Labute approximate surface area is 113 Å². The molecular formula is C13H23N5O. The van der Waals surface area contributed by atoms with E-state index in [0.717, 1.165) is 37.9 Å². The summed E-state index contributed by atoms with van der Waals surface area (Å²) in [4.78, 5) is 14.4. The van der Waals surface area contributed by atoms with Crippen molar-refractivity contribution < 1.29 is 4.79 Å². The van der Waals surface area contributed by atoms with E-state index in [2.05, 4.69) is 17.2 Å². The lowest BCUT2D eigenvalue weighted by Crippen LogP contribution is -2.45. The maximum Gasteiger partial charge on any atom is 0.244 e. The van der Waals surface area contributed by atoms with Crippen LogP contribution >= 0.6 is 0 Å². The lowest BCUT2D eigenvalue weighted by Gasteiger charge is -2.35. The quantitative estimate of drug-likeness (QED) is 0.858. The molecule has 1 aromatic rings. The van der Waals surface area contributed by atoms with Gasteiger partial charge in [0.1, 0.15) is 6.54 Å². The molecule has 106 valence electrons. The summed E-state index contributed by atoms with van der Waals surface area (Å²) in [7, 11) is 0. The van der Waals surface area contributed by atoms with E-state index in [-0.39, 0.29) is 12.5 Å². The highest BCUT2D eigenvalue weighted by Gasteiger charge is 2.26. The number of likely N-dealkylation sites (tertiary alicyclic amines) is 1. The lowest BCUT2D eigenvalue weighted by molar-refractivity contribution is -0.135. The zero-order valence-electron chi connectivity index (χ0n) is 11.6. The molecule has 2 heterocycles. The van der Waals surface area contributed by atoms with E-state index in [4.69, 9.17) is 5.73 Å².